The SMILES string of the molecule is CC(C)C[C@H](N)C(=O)NCC(O)c1cc(Cl)c2c(c1)OCCO2. The molecule has 6 nitrogen and oxygen atoms in total. The first-order chi connectivity index (χ1) is 10.9. The lowest BCUT2D eigenvalue weighted by atomic mass is 10.0. The molecule has 1 aromatic carbocycles. The zero-order chi connectivity index (χ0) is 17.0. The summed E-state index contributed by atoms with van der Waals surface area (Å²) in [7, 11) is 0. The Labute approximate surface area is 140 Å². The number of benzene rings is 1. The van der Waals surface area contributed by atoms with E-state index >= 15 is 0 Å². The molecule has 1 amide bonds. The predicted octanol–water partition coefficient (Wildman–Crippen LogP) is 1.63. The van der Waals surface area contributed by atoms with Gasteiger partial charge in [-0.05, 0) is 30.0 Å². The molecule has 0 radical (unpaired) electrons. The summed E-state index contributed by atoms with van der Waals surface area (Å²) >= 11 is 6.14. The van der Waals surface area contributed by atoms with Gasteiger partial charge < -0.3 is 25.6 Å². The second-order valence-corrected chi connectivity index (χ2v) is 6.43. The lowest BCUT2D eigenvalue weighted by molar-refractivity contribution is -0.123. The van der Waals surface area contributed by atoms with Crippen molar-refractivity contribution in [1.82, 2.24) is 5.32 Å². The fourth-order valence-electron chi connectivity index (χ4n) is 2.38. The van der Waals surface area contributed by atoms with E-state index in [0.717, 1.165) is 0 Å². The first-order valence-corrected chi connectivity index (χ1v) is 8.06. The predicted molar refractivity (Wildman–Crippen MR) is 87.8 cm³/mol. The van der Waals surface area contributed by atoms with Gasteiger partial charge in [0.05, 0.1) is 17.2 Å². The molecule has 0 saturated heterocycles. The molecule has 128 valence electrons. The lowest BCUT2D eigenvalue weighted by Gasteiger charge is -2.22. The van der Waals surface area contributed by atoms with Crippen LogP contribution < -0.4 is 20.5 Å². The van der Waals surface area contributed by atoms with Crippen molar-refractivity contribution in [3.63, 3.8) is 0 Å². The molecule has 7 heteroatoms. The maximum atomic E-state index is 11.9. The van der Waals surface area contributed by atoms with Crippen LogP contribution in [0, 0.1) is 5.92 Å². The van der Waals surface area contributed by atoms with Crippen LogP contribution >= 0.6 is 11.6 Å². The molecule has 0 fully saturated rings. The Morgan fingerprint density at radius 3 is 2.78 bits per heavy atom. The summed E-state index contributed by atoms with van der Waals surface area (Å²) < 4.78 is 10.9. The fourth-order valence-corrected chi connectivity index (χ4v) is 2.66. The highest BCUT2D eigenvalue weighted by atomic mass is 35.5. The van der Waals surface area contributed by atoms with Gasteiger partial charge in [0.25, 0.3) is 0 Å². The molecular formula is C16H23ClN2O4. The van der Waals surface area contributed by atoms with Crippen LogP contribution in [0.2, 0.25) is 5.02 Å². The van der Waals surface area contributed by atoms with Crippen molar-refractivity contribution in [3.8, 4) is 11.5 Å². The number of aliphatic hydroxyl groups excluding tert-OH is 1. The van der Waals surface area contributed by atoms with E-state index in [2.05, 4.69) is 5.32 Å². The van der Waals surface area contributed by atoms with Gasteiger partial charge in [-0.15, -0.1) is 0 Å². The summed E-state index contributed by atoms with van der Waals surface area (Å²) in [6, 6.07) is 2.71. The van der Waals surface area contributed by atoms with Crippen LogP contribution in [-0.2, 0) is 4.79 Å². The van der Waals surface area contributed by atoms with Crippen LogP contribution in [0.15, 0.2) is 12.1 Å². The minimum absolute atomic E-state index is 0.0562. The third kappa shape index (κ3) is 4.73. The van der Waals surface area contributed by atoms with Crippen LogP contribution in [0.25, 0.3) is 0 Å². The van der Waals surface area contributed by atoms with Gasteiger partial charge in [0, 0.05) is 6.54 Å². The number of hydrogen-bond donors (Lipinski definition) is 3. The summed E-state index contributed by atoms with van der Waals surface area (Å²) in [4.78, 5) is 11.9. The number of halogens is 1. The highest BCUT2D eigenvalue weighted by molar-refractivity contribution is 6.32. The molecule has 0 aliphatic carbocycles. The quantitative estimate of drug-likeness (QED) is 0.730. The standard InChI is InChI=1S/C16H23ClN2O4/c1-9(2)5-12(18)16(21)19-8-13(20)10-6-11(17)15-14(7-10)22-3-4-23-15/h6-7,9,12-13,20H,3-5,8,18H2,1-2H3,(H,19,21)/t12-,13?/m0/s1. The van der Waals surface area contributed by atoms with Crippen molar-refractivity contribution in [1.29, 1.82) is 0 Å². The van der Waals surface area contributed by atoms with Gasteiger partial charge in [-0.3, -0.25) is 4.79 Å². The van der Waals surface area contributed by atoms with Crippen molar-refractivity contribution in [3.05, 3.63) is 22.7 Å². The van der Waals surface area contributed by atoms with Crippen molar-refractivity contribution in [2.24, 2.45) is 11.7 Å². The molecule has 2 rings (SSSR count). The zero-order valence-electron chi connectivity index (χ0n) is 13.3. The summed E-state index contributed by atoms with van der Waals surface area (Å²) in [5, 5.41) is 13.3. The Bertz CT molecular complexity index is 565. The molecular weight excluding hydrogens is 320 g/mol. The van der Waals surface area contributed by atoms with E-state index in [1.54, 1.807) is 12.1 Å². The average molecular weight is 343 g/mol. The van der Waals surface area contributed by atoms with Gasteiger partial charge in [0.2, 0.25) is 5.91 Å². The number of amides is 1. The summed E-state index contributed by atoms with van der Waals surface area (Å²) in [6.45, 7) is 4.93. The number of ether oxygens (including phenoxy) is 2. The third-order valence-corrected chi connectivity index (χ3v) is 3.82. The topological polar surface area (TPSA) is 93.8 Å². The van der Waals surface area contributed by atoms with E-state index in [-0.39, 0.29) is 12.5 Å². The lowest BCUT2D eigenvalue weighted by Crippen LogP contribution is -2.42. The highest BCUT2D eigenvalue weighted by Crippen LogP contribution is 2.39. The number of carbonyl (C=O) groups is 1. The molecule has 1 aliphatic heterocycles. The van der Waals surface area contributed by atoms with E-state index in [0.29, 0.717) is 47.6 Å². The van der Waals surface area contributed by atoms with Gasteiger partial charge in [0.15, 0.2) is 11.5 Å². The van der Waals surface area contributed by atoms with Gasteiger partial charge in [0.1, 0.15) is 13.2 Å². The number of fused-ring (bicyclic) bond motifs is 1. The normalized spacial score (nSPS) is 16.1. The number of carbonyl (C=O) groups excluding carboxylic acids is 1. The van der Waals surface area contributed by atoms with Crippen LogP contribution in [0.4, 0.5) is 0 Å². The summed E-state index contributed by atoms with van der Waals surface area (Å²) in [5.74, 6) is 1.04. The average Bonchev–Trinajstić information content (AvgIpc) is 2.51. The number of rotatable bonds is 6. The van der Waals surface area contributed by atoms with Crippen LogP contribution in [0.3, 0.4) is 0 Å². The summed E-state index contributed by atoms with van der Waals surface area (Å²) in [5.41, 5.74) is 6.36. The molecule has 1 aliphatic rings. The maximum Gasteiger partial charge on any atom is 0.237 e. The molecule has 0 aromatic heterocycles. The third-order valence-electron chi connectivity index (χ3n) is 3.54. The Morgan fingerprint density at radius 2 is 2.09 bits per heavy atom. The van der Waals surface area contributed by atoms with Crippen LogP contribution in [0.5, 0.6) is 11.5 Å². The molecule has 0 saturated carbocycles. The Balaban J connectivity index is 1.97. The Morgan fingerprint density at radius 1 is 1.39 bits per heavy atom. The molecule has 0 bridgehead atoms. The minimum atomic E-state index is -0.904. The molecule has 1 unspecified atom stereocenters. The van der Waals surface area contributed by atoms with Crippen molar-refractivity contribution in [2.45, 2.75) is 32.4 Å². The monoisotopic (exact) mass is 342 g/mol. The summed E-state index contributed by atoms with van der Waals surface area (Å²) in [6.07, 6.45) is -0.309. The number of aliphatic hydroxyl groups is 1. The van der Waals surface area contributed by atoms with Crippen molar-refractivity contribution in [2.75, 3.05) is 19.8 Å². The maximum absolute atomic E-state index is 11.9. The smallest absolute Gasteiger partial charge is 0.237 e. The second-order valence-electron chi connectivity index (χ2n) is 6.02. The highest BCUT2D eigenvalue weighted by Gasteiger charge is 2.21. The van der Waals surface area contributed by atoms with Gasteiger partial charge in [-0.1, -0.05) is 25.4 Å². The Kier molecular flexibility index (Phi) is 6.10. The van der Waals surface area contributed by atoms with E-state index in [1.165, 1.54) is 0 Å². The van der Waals surface area contributed by atoms with E-state index in [4.69, 9.17) is 26.8 Å². The van der Waals surface area contributed by atoms with Crippen LogP contribution in [-0.4, -0.2) is 36.8 Å². The molecule has 0 spiro atoms. The van der Waals surface area contributed by atoms with Crippen molar-refractivity contribution >= 4 is 17.5 Å². The van der Waals surface area contributed by atoms with E-state index < -0.39 is 12.1 Å². The molecule has 1 heterocycles. The van der Waals surface area contributed by atoms with Crippen LogP contribution in [0.1, 0.15) is 31.9 Å². The largest absolute Gasteiger partial charge is 0.486 e. The van der Waals surface area contributed by atoms with Crippen molar-refractivity contribution < 1.29 is 19.4 Å². The first-order valence-electron chi connectivity index (χ1n) is 7.69. The van der Waals surface area contributed by atoms with Gasteiger partial charge in [-0.25, -0.2) is 0 Å². The number of nitrogens with one attached hydrogen (secondary N) is 1. The first kappa shape index (κ1) is 17.8. The molecule has 1 aromatic rings. The zero-order valence-corrected chi connectivity index (χ0v) is 14.1. The fraction of sp³-hybridized carbons (Fsp3) is 0.562. The van der Waals surface area contributed by atoms with E-state index in [9.17, 15) is 9.90 Å². The number of hydrogen-bond acceptors (Lipinski definition) is 5. The molecule has 2 atom stereocenters. The van der Waals surface area contributed by atoms with Gasteiger partial charge >= 0.3 is 0 Å². The second kappa shape index (κ2) is 7.86. The number of nitrogens with two attached hydrogens (primary N) is 1. The van der Waals surface area contributed by atoms with E-state index in [1.807, 2.05) is 13.8 Å². The Hall–Kier alpha value is -1.50. The van der Waals surface area contributed by atoms with Gasteiger partial charge in [-0.2, -0.15) is 0 Å². The minimum Gasteiger partial charge on any atom is -0.486 e. The molecule has 23 heavy (non-hydrogen) atoms. The molecule has 4 N–H and O–H groups in total.